The monoisotopic (exact) mass is 293 g/mol. The highest BCUT2D eigenvalue weighted by molar-refractivity contribution is 9.10. The lowest BCUT2D eigenvalue weighted by atomic mass is 10.0. The predicted molar refractivity (Wildman–Crippen MR) is 72.7 cm³/mol. The van der Waals surface area contributed by atoms with Crippen molar-refractivity contribution in [3.05, 3.63) is 64.1 Å². The van der Waals surface area contributed by atoms with Crippen LogP contribution < -0.4 is 0 Å². The Balaban J connectivity index is 2.51. The van der Waals surface area contributed by atoms with Crippen molar-refractivity contribution in [2.75, 3.05) is 7.05 Å². The topological polar surface area (TPSA) is 3.24 Å². The van der Waals surface area contributed by atoms with Gasteiger partial charge in [-0.1, -0.05) is 12.7 Å². The summed E-state index contributed by atoms with van der Waals surface area (Å²) in [5, 5.41) is 0. The van der Waals surface area contributed by atoms with Crippen molar-refractivity contribution < 1.29 is 4.39 Å². The summed E-state index contributed by atoms with van der Waals surface area (Å²) in [4.78, 5) is 2.01. The third kappa shape index (κ3) is 2.20. The van der Waals surface area contributed by atoms with Crippen LogP contribution in [0.4, 0.5) is 4.39 Å². The fraction of sp³-hybridized carbons (Fsp3) is 0.143. The maximum atomic E-state index is 13.1. The zero-order chi connectivity index (χ0) is 12.6. The van der Waals surface area contributed by atoms with Crippen LogP contribution in [0.25, 0.3) is 5.70 Å². The summed E-state index contributed by atoms with van der Waals surface area (Å²) < 4.78 is 13.8. The van der Waals surface area contributed by atoms with Gasteiger partial charge in [-0.15, -0.1) is 0 Å². The molecule has 0 saturated carbocycles. The van der Waals surface area contributed by atoms with Crippen molar-refractivity contribution in [2.24, 2.45) is 0 Å². The van der Waals surface area contributed by atoms with Gasteiger partial charge in [0.05, 0.1) is 0 Å². The summed E-state index contributed by atoms with van der Waals surface area (Å²) in [6.45, 7) is 6.05. The Bertz CT molecular complexity index is 543. The number of rotatable bonds is 1. The lowest BCUT2D eigenvalue weighted by Crippen LogP contribution is -2.19. The molecule has 17 heavy (non-hydrogen) atoms. The molecular weight excluding hydrogens is 281 g/mol. The molecular formula is C14H13BrFN. The molecule has 0 aliphatic carbocycles. The molecule has 1 nitrogen and oxygen atoms in total. The number of allylic oxidation sites excluding steroid dienone is 3. The first-order valence-corrected chi connectivity index (χ1v) is 6.07. The van der Waals surface area contributed by atoms with E-state index in [1.807, 2.05) is 31.0 Å². The maximum Gasteiger partial charge on any atom is 0.124 e. The smallest absolute Gasteiger partial charge is 0.124 e. The molecule has 88 valence electrons. The van der Waals surface area contributed by atoms with E-state index in [1.165, 1.54) is 12.1 Å². The van der Waals surface area contributed by atoms with Crippen LogP contribution >= 0.6 is 15.9 Å². The molecule has 2 rings (SSSR count). The molecule has 0 atom stereocenters. The van der Waals surface area contributed by atoms with Crippen molar-refractivity contribution >= 4 is 21.6 Å². The van der Waals surface area contributed by atoms with Crippen molar-refractivity contribution in [2.45, 2.75) is 6.92 Å². The van der Waals surface area contributed by atoms with E-state index < -0.39 is 0 Å². The van der Waals surface area contributed by atoms with Gasteiger partial charge in [0.1, 0.15) is 5.82 Å². The average molecular weight is 294 g/mol. The van der Waals surface area contributed by atoms with Crippen LogP contribution in [0.15, 0.2) is 52.7 Å². The Morgan fingerprint density at radius 1 is 1.29 bits per heavy atom. The third-order valence-electron chi connectivity index (χ3n) is 2.92. The first kappa shape index (κ1) is 12.1. The van der Waals surface area contributed by atoms with Crippen molar-refractivity contribution in [1.82, 2.24) is 4.90 Å². The molecule has 0 saturated heterocycles. The van der Waals surface area contributed by atoms with Gasteiger partial charge >= 0.3 is 0 Å². The van der Waals surface area contributed by atoms with Crippen LogP contribution in [0, 0.1) is 5.82 Å². The number of likely N-dealkylation sites (N-methyl/N-ethyl adjacent to an activating group) is 1. The Morgan fingerprint density at radius 2 is 2.00 bits per heavy atom. The lowest BCUT2D eigenvalue weighted by molar-refractivity contribution is 0.601. The van der Waals surface area contributed by atoms with Gasteiger partial charge in [-0.05, 0) is 52.7 Å². The van der Waals surface area contributed by atoms with Gasteiger partial charge < -0.3 is 4.90 Å². The van der Waals surface area contributed by atoms with Crippen molar-refractivity contribution in [1.29, 1.82) is 0 Å². The molecule has 1 aromatic rings. The molecule has 0 N–H and O–H groups in total. The molecule has 1 aliphatic rings. The maximum absolute atomic E-state index is 13.1. The van der Waals surface area contributed by atoms with E-state index >= 15 is 0 Å². The van der Waals surface area contributed by atoms with Crippen molar-refractivity contribution in [3.8, 4) is 0 Å². The molecule has 0 bridgehead atoms. The standard InChI is InChI=1S/C14H13BrFN/c1-9-4-7-14(17(3)10(9)2)12-6-5-11(16)8-13(12)15/h4-8H,2H2,1,3H3. The van der Waals surface area contributed by atoms with Crippen LogP contribution in [0.3, 0.4) is 0 Å². The van der Waals surface area contributed by atoms with E-state index in [2.05, 4.69) is 22.5 Å². The predicted octanol–water partition coefficient (Wildman–Crippen LogP) is 4.33. The number of hydrogen-bond donors (Lipinski definition) is 0. The minimum atomic E-state index is -0.245. The fourth-order valence-corrected chi connectivity index (χ4v) is 2.34. The van der Waals surface area contributed by atoms with Crippen LogP contribution in [0.2, 0.25) is 0 Å². The van der Waals surface area contributed by atoms with Gasteiger partial charge in [-0.25, -0.2) is 4.39 Å². The second kappa shape index (κ2) is 4.49. The minimum Gasteiger partial charge on any atom is -0.344 e. The normalized spacial score (nSPS) is 15.8. The molecule has 1 aromatic carbocycles. The average Bonchev–Trinajstić information content (AvgIpc) is 2.28. The zero-order valence-corrected chi connectivity index (χ0v) is 11.4. The Hall–Kier alpha value is -1.35. The summed E-state index contributed by atoms with van der Waals surface area (Å²) in [7, 11) is 1.96. The molecule has 0 aromatic heterocycles. The van der Waals surface area contributed by atoms with Gasteiger partial charge in [0.2, 0.25) is 0 Å². The summed E-state index contributed by atoms with van der Waals surface area (Å²) in [6.07, 6.45) is 4.04. The molecule has 0 radical (unpaired) electrons. The van der Waals surface area contributed by atoms with Gasteiger partial charge in [0, 0.05) is 28.5 Å². The van der Waals surface area contributed by atoms with E-state index in [-0.39, 0.29) is 5.82 Å². The second-order valence-electron chi connectivity index (χ2n) is 4.03. The number of halogens is 2. The zero-order valence-electron chi connectivity index (χ0n) is 9.80. The highest BCUT2D eigenvalue weighted by Crippen LogP contribution is 2.33. The Morgan fingerprint density at radius 3 is 2.65 bits per heavy atom. The van der Waals surface area contributed by atoms with Crippen molar-refractivity contribution in [3.63, 3.8) is 0 Å². The highest BCUT2D eigenvalue weighted by atomic mass is 79.9. The van der Waals surface area contributed by atoms with Crippen LogP contribution in [-0.2, 0) is 0 Å². The summed E-state index contributed by atoms with van der Waals surface area (Å²) in [5.74, 6) is -0.245. The summed E-state index contributed by atoms with van der Waals surface area (Å²) in [6, 6.07) is 4.70. The van der Waals surface area contributed by atoms with E-state index in [0.29, 0.717) is 0 Å². The third-order valence-corrected chi connectivity index (χ3v) is 3.58. The molecule has 0 unspecified atom stereocenters. The largest absolute Gasteiger partial charge is 0.344 e. The van der Waals surface area contributed by atoms with E-state index in [9.17, 15) is 4.39 Å². The van der Waals surface area contributed by atoms with Gasteiger partial charge in [0.25, 0.3) is 0 Å². The molecule has 0 fully saturated rings. The quantitative estimate of drug-likeness (QED) is 0.745. The van der Waals surface area contributed by atoms with E-state index in [0.717, 1.165) is 27.0 Å². The van der Waals surface area contributed by atoms with E-state index in [1.54, 1.807) is 6.07 Å². The molecule has 0 amide bonds. The van der Waals surface area contributed by atoms with Gasteiger partial charge in [0.15, 0.2) is 0 Å². The lowest BCUT2D eigenvalue weighted by Gasteiger charge is -2.29. The van der Waals surface area contributed by atoms with Gasteiger partial charge in [-0.3, -0.25) is 0 Å². The number of nitrogens with zero attached hydrogens (tertiary/aromatic N) is 1. The van der Waals surface area contributed by atoms with Crippen LogP contribution in [-0.4, -0.2) is 11.9 Å². The van der Waals surface area contributed by atoms with Crippen LogP contribution in [0.1, 0.15) is 12.5 Å². The first-order valence-electron chi connectivity index (χ1n) is 5.27. The van der Waals surface area contributed by atoms with Crippen LogP contribution in [0.5, 0.6) is 0 Å². The highest BCUT2D eigenvalue weighted by Gasteiger charge is 2.17. The second-order valence-corrected chi connectivity index (χ2v) is 4.89. The number of hydrogen-bond acceptors (Lipinski definition) is 1. The summed E-state index contributed by atoms with van der Waals surface area (Å²) in [5.41, 5.74) is 4.06. The first-order chi connectivity index (χ1) is 8.00. The molecule has 1 heterocycles. The number of benzene rings is 1. The Labute approximate surface area is 109 Å². The Kier molecular flexibility index (Phi) is 3.20. The minimum absolute atomic E-state index is 0.245. The molecule has 0 spiro atoms. The molecule has 1 aliphatic heterocycles. The SMILES string of the molecule is C=C1C(C)=CC=C(c2ccc(F)cc2Br)N1C. The fourth-order valence-electron chi connectivity index (χ4n) is 1.79. The summed E-state index contributed by atoms with van der Waals surface area (Å²) >= 11 is 3.39. The van der Waals surface area contributed by atoms with Gasteiger partial charge in [-0.2, -0.15) is 0 Å². The van der Waals surface area contributed by atoms with E-state index in [4.69, 9.17) is 0 Å². The molecule has 3 heteroatoms.